The molecule has 0 radical (unpaired) electrons. The van der Waals surface area contributed by atoms with Crippen molar-refractivity contribution < 1.29 is 9.59 Å². The molecule has 0 bridgehead atoms. The van der Waals surface area contributed by atoms with Crippen LogP contribution in [0.25, 0.3) is 0 Å². The van der Waals surface area contributed by atoms with Crippen LogP contribution >= 0.6 is 0 Å². The summed E-state index contributed by atoms with van der Waals surface area (Å²) in [6, 6.07) is 5.33. The van der Waals surface area contributed by atoms with Crippen molar-refractivity contribution in [1.82, 2.24) is 0 Å². The lowest BCUT2D eigenvalue weighted by molar-refractivity contribution is -0.112. The Bertz CT molecular complexity index is 460. The van der Waals surface area contributed by atoms with Gasteiger partial charge in [-0.2, -0.15) is 0 Å². The molecule has 0 saturated heterocycles. The van der Waals surface area contributed by atoms with Crippen LogP contribution in [0.4, 0.5) is 5.69 Å². The van der Waals surface area contributed by atoms with E-state index in [1.807, 2.05) is 13.0 Å². The van der Waals surface area contributed by atoms with Gasteiger partial charge >= 0.3 is 0 Å². The molecular formula is C11H9NO2. The minimum Gasteiger partial charge on any atom is -0.321 e. The summed E-state index contributed by atoms with van der Waals surface area (Å²) in [5.41, 5.74) is 2.08. The number of ketones is 1. The monoisotopic (exact) mass is 187 g/mol. The summed E-state index contributed by atoms with van der Waals surface area (Å²) in [7, 11) is 0. The third-order valence-corrected chi connectivity index (χ3v) is 2.22. The molecule has 14 heavy (non-hydrogen) atoms. The molecule has 1 aromatic carbocycles. The maximum absolute atomic E-state index is 11.6. The zero-order chi connectivity index (χ0) is 10.3. The third kappa shape index (κ3) is 1.14. The highest BCUT2D eigenvalue weighted by Gasteiger charge is 2.26. The molecule has 0 fully saturated rings. The van der Waals surface area contributed by atoms with Crippen LogP contribution in [0.15, 0.2) is 30.4 Å². The van der Waals surface area contributed by atoms with Gasteiger partial charge in [-0.25, -0.2) is 0 Å². The van der Waals surface area contributed by atoms with Crippen molar-refractivity contribution in [3.05, 3.63) is 41.5 Å². The summed E-state index contributed by atoms with van der Waals surface area (Å²) in [4.78, 5) is 22.8. The SMILES string of the molecule is C=C1C(=O)Nc2ccc(C)cc2C1=O. The Morgan fingerprint density at radius 1 is 1.29 bits per heavy atom. The second kappa shape index (κ2) is 2.80. The molecule has 3 heteroatoms. The van der Waals surface area contributed by atoms with Crippen LogP contribution in [0.5, 0.6) is 0 Å². The first-order valence-corrected chi connectivity index (χ1v) is 4.25. The minimum absolute atomic E-state index is 0.00287. The minimum atomic E-state index is -0.411. The molecule has 3 nitrogen and oxygen atoms in total. The van der Waals surface area contributed by atoms with Crippen molar-refractivity contribution in [1.29, 1.82) is 0 Å². The van der Waals surface area contributed by atoms with Gasteiger partial charge in [0.05, 0.1) is 11.3 Å². The van der Waals surface area contributed by atoms with Gasteiger partial charge in [0.25, 0.3) is 5.91 Å². The molecule has 1 heterocycles. The van der Waals surface area contributed by atoms with Gasteiger partial charge < -0.3 is 5.32 Å². The summed E-state index contributed by atoms with van der Waals surface area (Å²) >= 11 is 0. The Morgan fingerprint density at radius 2 is 2.00 bits per heavy atom. The third-order valence-electron chi connectivity index (χ3n) is 2.22. The topological polar surface area (TPSA) is 46.2 Å². The fourth-order valence-corrected chi connectivity index (χ4v) is 1.42. The maximum atomic E-state index is 11.6. The Hall–Kier alpha value is -1.90. The zero-order valence-corrected chi connectivity index (χ0v) is 7.76. The van der Waals surface area contributed by atoms with E-state index in [0.29, 0.717) is 11.3 Å². The number of rotatable bonds is 0. The first-order valence-electron chi connectivity index (χ1n) is 4.25. The van der Waals surface area contributed by atoms with Crippen molar-refractivity contribution in [3.8, 4) is 0 Å². The number of nitrogens with one attached hydrogen (secondary N) is 1. The summed E-state index contributed by atoms with van der Waals surface area (Å²) in [5.74, 6) is -0.696. The quantitative estimate of drug-likeness (QED) is 0.496. The molecule has 1 aliphatic heterocycles. The molecule has 70 valence electrons. The lowest BCUT2D eigenvalue weighted by atomic mass is 9.96. The van der Waals surface area contributed by atoms with E-state index in [4.69, 9.17) is 0 Å². The Morgan fingerprint density at radius 3 is 2.71 bits per heavy atom. The van der Waals surface area contributed by atoms with Crippen LogP contribution in [0.3, 0.4) is 0 Å². The van der Waals surface area contributed by atoms with E-state index in [1.165, 1.54) is 0 Å². The largest absolute Gasteiger partial charge is 0.321 e. The molecule has 2 rings (SSSR count). The van der Waals surface area contributed by atoms with E-state index in [1.54, 1.807) is 12.1 Å². The first kappa shape index (κ1) is 8.69. The van der Waals surface area contributed by atoms with Gasteiger partial charge in [0.1, 0.15) is 0 Å². The smallest absolute Gasteiger partial charge is 0.259 e. The van der Waals surface area contributed by atoms with Crippen LogP contribution in [0, 0.1) is 6.92 Å². The Labute approximate surface area is 81.4 Å². The highest BCUT2D eigenvalue weighted by atomic mass is 16.2. The number of hydrogen-bond donors (Lipinski definition) is 1. The number of amides is 1. The van der Waals surface area contributed by atoms with Gasteiger partial charge in [0.15, 0.2) is 5.78 Å². The molecule has 1 aromatic rings. The molecular weight excluding hydrogens is 178 g/mol. The van der Waals surface area contributed by atoms with Gasteiger partial charge in [0.2, 0.25) is 0 Å². The van der Waals surface area contributed by atoms with Crippen LogP contribution < -0.4 is 5.32 Å². The van der Waals surface area contributed by atoms with Crippen molar-refractivity contribution in [2.24, 2.45) is 0 Å². The molecule has 1 aliphatic rings. The van der Waals surface area contributed by atoms with Crippen LogP contribution in [0.2, 0.25) is 0 Å². The Balaban J connectivity index is 2.62. The first-order chi connectivity index (χ1) is 6.59. The molecule has 0 saturated carbocycles. The van der Waals surface area contributed by atoms with E-state index < -0.39 is 5.91 Å². The van der Waals surface area contributed by atoms with Gasteiger partial charge in [-0.3, -0.25) is 9.59 Å². The molecule has 0 aromatic heterocycles. The van der Waals surface area contributed by atoms with Gasteiger partial charge in [-0.15, -0.1) is 0 Å². The number of Topliss-reactive ketones (excluding diaryl/α,β-unsaturated/α-hetero) is 1. The van der Waals surface area contributed by atoms with E-state index in [0.717, 1.165) is 5.56 Å². The highest BCUT2D eigenvalue weighted by Crippen LogP contribution is 2.25. The van der Waals surface area contributed by atoms with E-state index in [2.05, 4.69) is 11.9 Å². The van der Waals surface area contributed by atoms with Crippen molar-refractivity contribution in [2.75, 3.05) is 5.32 Å². The molecule has 0 spiro atoms. The number of hydrogen-bond acceptors (Lipinski definition) is 2. The lowest BCUT2D eigenvalue weighted by Gasteiger charge is -2.17. The Kier molecular flexibility index (Phi) is 1.74. The average Bonchev–Trinajstić information content (AvgIpc) is 2.16. The molecule has 1 amide bonds. The van der Waals surface area contributed by atoms with Crippen LogP contribution in [0.1, 0.15) is 15.9 Å². The number of benzene rings is 1. The standard InChI is InChI=1S/C11H9NO2/c1-6-3-4-9-8(5-6)10(13)7(2)11(14)12-9/h3-5H,2H2,1H3,(H,12,14). The molecule has 1 N–H and O–H groups in total. The summed E-state index contributed by atoms with van der Waals surface area (Å²) in [6.07, 6.45) is 0. The number of fused-ring (bicyclic) bond motifs is 1. The van der Waals surface area contributed by atoms with Crippen LogP contribution in [-0.4, -0.2) is 11.7 Å². The van der Waals surface area contributed by atoms with Crippen molar-refractivity contribution in [2.45, 2.75) is 6.92 Å². The number of anilines is 1. The lowest BCUT2D eigenvalue weighted by Crippen LogP contribution is -2.26. The summed E-state index contributed by atoms with van der Waals surface area (Å²) in [6.45, 7) is 5.34. The van der Waals surface area contributed by atoms with E-state index >= 15 is 0 Å². The number of carbonyl (C=O) groups excluding carboxylic acids is 2. The maximum Gasteiger partial charge on any atom is 0.259 e. The number of carbonyl (C=O) groups is 2. The van der Waals surface area contributed by atoms with E-state index in [-0.39, 0.29) is 11.4 Å². The summed E-state index contributed by atoms with van der Waals surface area (Å²) in [5, 5.41) is 2.61. The normalized spacial score (nSPS) is 15.1. The molecule has 0 aliphatic carbocycles. The fourth-order valence-electron chi connectivity index (χ4n) is 1.42. The molecule has 0 unspecified atom stereocenters. The van der Waals surface area contributed by atoms with Gasteiger partial charge in [-0.1, -0.05) is 18.2 Å². The van der Waals surface area contributed by atoms with E-state index in [9.17, 15) is 9.59 Å². The molecule has 0 atom stereocenters. The van der Waals surface area contributed by atoms with Crippen LogP contribution in [-0.2, 0) is 4.79 Å². The fraction of sp³-hybridized carbons (Fsp3) is 0.0909. The summed E-state index contributed by atoms with van der Waals surface area (Å²) < 4.78 is 0. The predicted octanol–water partition coefficient (Wildman–Crippen LogP) is 1.69. The zero-order valence-electron chi connectivity index (χ0n) is 7.76. The van der Waals surface area contributed by atoms with Gasteiger partial charge in [0, 0.05) is 5.56 Å². The van der Waals surface area contributed by atoms with Gasteiger partial charge in [-0.05, 0) is 19.1 Å². The predicted molar refractivity (Wildman–Crippen MR) is 53.3 cm³/mol. The average molecular weight is 187 g/mol. The second-order valence-electron chi connectivity index (χ2n) is 3.31. The highest BCUT2D eigenvalue weighted by molar-refractivity contribution is 6.33. The second-order valence-corrected chi connectivity index (χ2v) is 3.31. The van der Waals surface area contributed by atoms with Crippen molar-refractivity contribution in [3.63, 3.8) is 0 Å². The van der Waals surface area contributed by atoms with Crippen molar-refractivity contribution >= 4 is 17.4 Å². The number of aryl methyl sites for hydroxylation is 1.